The van der Waals surface area contributed by atoms with E-state index < -0.39 is 17.6 Å². The Morgan fingerprint density at radius 3 is 2.25 bits per heavy atom. The summed E-state index contributed by atoms with van der Waals surface area (Å²) in [6.07, 6.45) is 7.81. The first-order chi connectivity index (χ1) is 30.3. The van der Waals surface area contributed by atoms with Crippen LogP contribution in [0.2, 0.25) is 0 Å². The number of imide groups is 1. The fraction of sp³-hybridized carbons (Fsp3) is 0.413. The number of aryl methyl sites for hydroxylation is 1. The number of para-hydroxylation sites is 1. The lowest BCUT2D eigenvalue weighted by atomic mass is 9.96. The molecule has 6 aromatic rings. The van der Waals surface area contributed by atoms with E-state index in [1.54, 1.807) is 59.0 Å². The van der Waals surface area contributed by atoms with Crippen molar-refractivity contribution in [2.24, 2.45) is 7.05 Å². The van der Waals surface area contributed by atoms with Gasteiger partial charge >= 0.3 is 5.69 Å². The molecule has 3 N–H and O–H groups in total. The number of pyridine rings is 1. The van der Waals surface area contributed by atoms with Crippen LogP contribution >= 0.6 is 0 Å². The highest BCUT2D eigenvalue weighted by Gasteiger charge is 2.34. The zero-order valence-corrected chi connectivity index (χ0v) is 36.2. The van der Waals surface area contributed by atoms with Gasteiger partial charge in [-0.2, -0.15) is 4.98 Å². The predicted octanol–water partition coefficient (Wildman–Crippen LogP) is 4.33. The van der Waals surface area contributed by atoms with Crippen molar-refractivity contribution in [3.63, 3.8) is 0 Å². The summed E-state index contributed by atoms with van der Waals surface area (Å²) >= 11 is 0. The van der Waals surface area contributed by atoms with Gasteiger partial charge in [-0.3, -0.25) is 28.8 Å². The summed E-state index contributed by atoms with van der Waals surface area (Å²) in [5.41, 5.74) is 3.64. The predicted molar refractivity (Wildman–Crippen MR) is 243 cm³/mol. The highest BCUT2D eigenvalue weighted by molar-refractivity contribution is 6.00. The number of anilines is 4. The van der Waals surface area contributed by atoms with Gasteiger partial charge in [-0.25, -0.2) is 24.1 Å². The molecule has 0 saturated carbocycles. The number of carbonyl (C=O) groups excluding carboxylic acids is 2. The number of nitrogens with zero attached hydrogens (tertiary/aromatic N) is 10. The molecular formula is C46H54N12O5. The molecule has 0 aliphatic carbocycles. The van der Waals surface area contributed by atoms with E-state index in [0.29, 0.717) is 52.5 Å². The second-order valence-corrected chi connectivity index (χ2v) is 17.5. The van der Waals surface area contributed by atoms with Crippen molar-refractivity contribution in [1.29, 1.82) is 0 Å². The first-order valence-corrected chi connectivity index (χ1v) is 21.7. The number of imidazole rings is 1. The minimum atomic E-state index is -1.18. The second kappa shape index (κ2) is 16.6. The Balaban J connectivity index is 0.823. The van der Waals surface area contributed by atoms with Crippen molar-refractivity contribution in [3.05, 3.63) is 106 Å². The number of carbonyl (C=O) groups is 2. The quantitative estimate of drug-likeness (QED) is 0.124. The maximum Gasteiger partial charge on any atom is 0.329 e. The fourth-order valence-electron chi connectivity index (χ4n) is 9.62. The van der Waals surface area contributed by atoms with E-state index in [0.717, 1.165) is 74.4 Å². The number of hydrogen-bond donors (Lipinski definition) is 3. The van der Waals surface area contributed by atoms with Crippen LogP contribution in [0.15, 0.2) is 89.1 Å². The van der Waals surface area contributed by atoms with Crippen molar-refractivity contribution in [2.75, 3.05) is 48.3 Å². The molecule has 3 saturated heterocycles. The number of fused-ring (bicyclic) bond motifs is 2. The number of benzene rings is 2. The van der Waals surface area contributed by atoms with Gasteiger partial charge in [0, 0.05) is 69.3 Å². The summed E-state index contributed by atoms with van der Waals surface area (Å²) < 4.78 is 6.35. The van der Waals surface area contributed by atoms with Crippen LogP contribution < -0.4 is 31.7 Å². The molecular weight excluding hydrogens is 801 g/mol. The standard InChI is InChI=1S/C46H54N12O5/c1-6-23-56-43(61)33-28-47-44(51-41(33)58(56)38-12-8-11-37(49-38)46(2,3)63)48-29-13-15-32(16-14-29)54-24-19-30(20-25-54)52(4)31-21-26-55(27-22-31)34-9-7-10-35-40(34)53(5)45(62)57(35)36-17-18-39(59)50-42(36)60/h6-16,28,30-31,36,63H,1,17-27H2,2-5H3,(H,47,48,51)(H,50,59,60). The topological polar surface area (TPSA) is 181 Å². The fourth-order valence-corrected chi connectivity index (χ4v) is 9.62. The Hall–Kier alpha value is -6.59. The lowest BCUT2D eigenvalue weighted by Crippen LogP contribution is -2.50. The summed E-state index contributed by atoms with van der Waals surface area (Å²) in [6.45, 7) is 11.0. The van der Waals surface area contributed by atoms with Crippen molar-refractivity contribution < 1.29 is 14.7 Å². The third kappa shape index (κ3) is 7.79. The van der Waals surface area contributed by atoms with E-state index in [4.69, 9.17) is 4.98 Å². The molecule has 3 aliphatic rings. The SMILES string of the molecule is C=CCn1c(=O)c2cnc(Nc3ccc(N4CCC(N(C)C5CCN(c6cccc7c6n(C)c(=O)n7C6CCC(=O)NC6=O)CC5)CC4)cc3)nc2n1-c1cccc(C(C)(C)O)n1. The molecule has 63 heavy (non-hydrogen) atoms. The molecule has 2 amide bonds. The normalized spacial score (nSPS) is 18.2. The van der Waals surface area contributed by atoms with E-state index in [-0.39, 0.29) is 30.1 Å². The van der Waals surface area contributed by atoms with Gasteiger partial charge in [-0.1, -0.05) is 18.2 Å². The zero-order valence-electron chi connectivity index (χ0n) is 36.2. The second-order valence-electron chi connectivity index (χ2n) is 17.5. The van der Waals surface area contributed by atoms with Gasteiger partial charge in [0.05, 0.1) is 29.0 Å². The monoisotopic (exact) mass is 854 g/mol. The van der Waals surface area contributed by atoms with Crippen molar-refractivity contribution in [2.45, 2.75) is 82.6 Å². The summed E-state index contributed by atoms with van der Waals surface area (Å²) in [7, 11) is 4.03. The van der Waals surface area contributed by atoms with E-state index in [2.05, 4.69) is 67.1 Å². The van der Waals surface area contributed by atoms with Crippen LogP contribution in [-0.2, 0) is 28.8 Å². The number of amides is 2. The van der Waals surface area contributed by atoms with Gasteiger partial charge < -0.3 is 25.1 Å². The molecule has 17 nitrogen and oxygen atoms in total. The molecule has 328 valence electrons. The maximum absolute atomic E-state index is 13.5. The number of rotatable bonds is 11. The number of aromatic nitrogens is 7. The third-order valence-electron chi connectivity index (χ3n) is 13.1. The van der Waals surface area contributed by atoms with Crippen LogP contribution in [0.25, 0.3) is 27.9 Å². The minimum absolute atomic E-state index is 0.210. The van der Waals surface area contributed by atoms with Gasteiger partial charge in [-0.15, -0.1) is 6.58 Å². The molecule has 1 unspecified atom stereocenters. The molecule has 4 aromatic heterocycles. The van der Waals surface area contributed by atoms with E-state index >= 15 is 0 Å². The minimum Gasteiger partial charge on any atom is -0.384 e. The van der Waals surface area contributed by atoms with Gasteiger partial charge in [0.25, 0.3) is 5.56 Å². The number of nitrogens with one attached hydrogen (secondary N) is 2. The van der Waals surface area contributed by atoms with Crippen LogP contribution in [0.3, 0.4) is 0 Å². The summed E-state index contributed by atoms with van der Waals surface area (Å²) in [5.74, 6) is 0.0504. The third-order valence-corrected chi connectivity index (χ3v) is 13.1. The molecule has 2 aromatic carbocycles. The van der Waals surface area contributed by atoms with Crippen LogP contribution in [0.4, 0.5) is 23.0 Å². The number of piperidine rings is 3. The Kier molecular flexibility index (Phi) is 11.0. The van der Waals surface area contributed by atoms with Gasteiger partial charge in [0.2, 0.25) is 17.8 Å². The zero-order chi connectivity index (χ0) is 44.2. The van der Waals surface area contributed by atoms with Gasteiger partial charge in [0.1, 0.15) is 17.0 Å². The van der Waals surface area contributed by atoms with Gasteiger partial charge in [-0.05, 0) is 102 Å². The number of hydrogen-bond acceptors (Lipinski definition) is 12. The molecule has 0 bridgehead atoms. The molecule has 0 radical (unpaired) electrons. The summed E-state index contributed by atoms with van der Waals surface area (Å²) in [6, 6.07) is 19.7. The Morgan fingerprint density at radius 1 is 0.905 bits per heavy atom. The highest BCUT2D eigenvalue weighted by Crippen LogP contribution is 2.33. The maximum atomic E-state index is 13.5. The largest absolute Gasteiger partial charge is 0.384 e. The lowest BCUT2D eigenvalue weighted by molar-refractivity contribution is -0.135. The smallest absolute Gasteiger partial charge is 0.329 e. The van der Waals surface area contributed by atoms with Crippen molar-refractivity contribution >= 4 is 56.9 Å². The van der Waals surface area contributed by atoms with Crippen molar-refractivity contribution in [1.82, 2.24) is 43.7 Å². The first kappa shape index (κ1) is 41.7. The molecule has 9 rings (SSSR count). The lowest BCUT2D eigenvalue weighted by Gasteiger charge is -2.44. The Labute approximate surface area is 364 Å². The average molecular weight is 855 g/mol. The van der Waals surface area contributed by atoms with Gasteiger partial charge in [0.15, 0.2) is 11.5 Å². The molecule has 1 atom stereocenters. The highest BCUT2D eigenvalue weighted by atomic mass is 16.3. The summed E-state index contributed by atoms with van der Waals surface area (Å²) in [4.78, 5) is 72.8. The van der Waals surface area contributed by atoms with Crippen LogP contribution in [0.1, 0.15) is 64.1 Å². The van der Waals surface area contributed by atoms with E-state index in [1.165, 1.54) is 10.9 Å². The van der Waals surface area contributed by atoms with Crippen molar-refractivity contribution in [3.8, 4) is 5.82 Å². The van der Waals surface area contributed by atoms with E-state index in [1.807, 2.05) is 24.3 Å². The molecule has 3 fully saturated rings. The molecule has 7 heterocycles. The van der Waals surface area contributed by atoms with Crippen LogP contribution in [0.5, 0.6) is 0 Å². The number of aliphatic hydroxyl groups is 1. The average Bonchev–Trinajstić information content (AvgIpc) is 3.70. The molecule has 3 aliphatic heterocycles. The number of allylic oxidation sites excluding steroid dienone is 1. The summed E-state index contributed by atoms with van der Waals surface area (Å²) in [5, 5.41) is 16.7. The first-order valence-electron chi connectivity index (χ1n) is 21.7. The molecule has 0 spiro atoms. The Morgan fingerprint density at radius 2 is 1.59 bits per heavy atom. The Bertz CT molecular complexity index is 2840. The molecule has 17 heteroatoms. The van der Waals surface area contributed by atoms with E-state index in [9.17, 15) is 24.3 Å². The van der Waals surface area contributed by atoms with Crippen LogP contribution in [0, 0.1) is 0 Å². The van der Waals surface area contributed by atoms with Crippen LogP contribution in [-0.4, -0.2) is 101 Å².